The van der Waals surface area contributed by atoms with Crippen LogP contribution in [0.5, 0.6) is 0 Å². The number of benzene rings is 1. The predicted octanol–water partition coefficient (Wildman–Crippen LogP) is 2.88. The van der Waals surface area contributed by atoms with Gasteiger partial charge in [-0.1, -0.05) is 24.3 Å². The summed E-state index contributed by atoms with van der Waals surface area (Å²) in [5, 5.41) is 2.98. The molecule has 3 rings (SSSR count). The molecule has 6 heteroatoms. The van der Waals surface area contributed by atoms with Crippen molar-refractivity contribution in [3.8, 4) is 0 Å². The van der Waals surface area contributed by atoms with E-state index in [0.29, 0.717) is 18.7 Å². The van der Waals surface area contributed by atoms with Gasteiger partial charge in [-0.15, -0.1) is 0 Å². The molecule has 0 bridgehead atoms. The number of halogens is 1. The van der Waals surface area contributed by atoms with Crippen LogP contribution in [0.25, 0.3) is 0 Å². The Morgan fingerprint density at radius 2 is 2.04 bits per heavy atom. The first-order valence-corrected chi connectivity index (χ1v) is 9.24. The quantitative estimate of drug-likeness (QED) is 0.882. The van der Waals surface area contributed by atoms with E-state index in [1.165, 1.54) is 13.0 Å². The molecule has 1 saturated heterocycles. The van der Waals surface area contributed by atoms with Crippen LogP contribution >= 0.6 is 0 Å². The van der Waals surface area contributed by atoms with Gasteiger partial charge in [0.1, 0.15) is 5.82 Å². The summed E-state index contributed by atoms with van der Waals surface area (Å²) in [4.78, 5) is 30.6. The van der Waals surface area contributed by atoms with Gasteiger partial charge >= 0.3 is 0 Å². The number of amides is 2. The summed E-state index contributed by atoms with van der Waals surface area (Å²) < 4.78 is 13.9. The second-order valence-electron chi connectivity index (χ2n) is 6.94. The lowest BCUT2D eigenvalue weighted by Gasteiger charge is -2.37. The topological polar surface area (TPSA) is 62.3 Å². The number of nitrogens with zero attached hydrogens (tertiary/aromatic N) is 2. The average molecular weight is 369 g/mol. The van der Waals surface area contributed by atoms with Crippen LogP contribution in [0.15, 0.2) is 48.7 Å². The van der Waals surface area contributed by atoms with Crippen LogP contribution < -0.4 is 5.32 Å². The van der Waals surface area contributed by atoms with Crippen molar-refractivity contribution in [3.63, 3.8) is 0 Å². The van der Waals surface area contributed by atoms with Gasteiger partial charge < -0.3 is 10.2 Å². The highest BCUT2D eigenvalue weighted by molar-refractivity contribution is 5.79. The lowest BCUT2D eigenvalue weighted by molar-refractivity contribution is -0.132. The van der Waals surface area contributed by atoms with Gasteiger partial charge in [-0.25, -0.2) is 4.39 Å². The summed E-state index contributed by atoms with van der Waals surface area (Å²) in [6, 6.07) is 11.7. The van der Waals surface area contributed by atoms with E-state index in [1.807, 2.05) is 18.2 Å². The summed E-state index contributed by atoms with van der Waals surface area (Å²) >= 11 is 0. The van der Waals surface area contributed by atoms with Crippen molar-refractivity contribution in [2.75, 3.05) is 13.1 Å². The minimum Gasteiger partial charge on any atom is -0.348 e. The summed E-state index contributed by atoms with van der Waals surface area (Å²) in [5.74, 6) is -0.501. The van der Waals surface area contributed by atoms with Crippen LogP contribution in [0.2, 0.25) is 0 Å². The molecule has 2 heterocycles. The van der Waals surface area contributed by atoms with Crippen molar-refractivity contribution in [1.82, 2.24) is 15.2 Å². The molecular formula is C21H24FN3O2. The maximum absolute atomic E-state index is 13.9. The molecule has 142 valence electrons. The van der Waals surface area contributed by atoms with Crippen LogP contribution in [0.3, 0.4) is 0 Å². The number of aromatic nitrogens is 1. The van der Waals surface area contributed by atoms with E-state index in [1.54, 1.807) is 29.3 Å². The van der Waals surface area contributed by atoms with Crippen LogP contribution in [-0.4, -0.2) is 34.8 Å². The number of hydrogen-bond acceptors (Lipinski definition) is 3. The predicted molar refractivity (Wildman–Crippen MR) is 100 cm³/mol. The van der Waals surface area contributed by atoms with E-state index in [2.05, 4.69) is 10.3 Å². The number of nitrogens with one attached hydrogen (secondary N) is 1. The monoisotopic (exact) mass is 369 g/mol. The number of rotatable bonds is 5. The smallest absolute Gasteiger partial charge is 0.227 e. The number of carbonyl (C=O) groups is 2. The van der Waals surface area contributed by atoms with E-state index >= 15 is 0 Å². The van der Waals surface area contributed by atoms with E-state index in [9.17, 15) is 14.0 Å². The van der Waals surface area contributed by atoms with Crippen LogP contribution in [0.1, 0.15) is 37.1 Å². The second kappa shape index (κ2) is 8.75. The second-order valence-corrected chi connectivity index (χ2v) is 6.94. The molecule has 1 aliphatic heterocycles. The van der Waals surface area contributed by atoms with E-state index in [0.717, 1.165) is 18.5 Å². The molecule has 0 aliphatic carbocycles. The summed E-state index contributed by atoms with van der Waals surface area (Å²) in [6.07, 6.45) is 3.49. The van der Waals surface area contributed by atoms with Gasteiger partial charge in [0, 0.05) is 32.1 Å². The SMILES string of the molecule is CC(=O)N[C@H](c1ccccn1)[C@@H]1CCCN(C(=O)Cc2ccccc2F)C1. The van der Waals surface area contributed by atoms with Crippen LogP contribution in [-0.2, 0) is 16.0 Å². The largest absolute Gasteiger partial charge is 0.348 e. The molecule has 0 radical (unpaired) electrons. The Hall–Kier alpha value is -2.76. The van der Waals surface area contributed by atoms with E-state index < -0.39 is 0 Å². The number of pyridine rings is 1. The van der Waals surface area contributed by atoms with Crippen molar-refractivity contribution < 1.29 is 14.0 Å². The summed E-state index contributed by atoms with van der Waals surface area (Å²) in [7, 11) is 0. The molecular weight excluding hydrogens is 345 g/mol. The van der Waals surface area contributed by atoms with Crippen LogP contribution in [0, 0.1) is 11.7 Å². The van der Waals surface area contributed by atoms with Crippen molar-refractivity contribution in [1.29, 1.82) is 0 Å². The van der Waals surface area contributed by atoms with Gasteiger partial charge in [0.2, 0.25) is 11.8 Å². The summed E-state index contributed by atoms with van der Waals surface area (Å²) in [6.45, 7) is 2.66. The molecule has 1 aromatic heterocycles. The van der Waals surface area contributed by atoms with Crippen molar-refractivity contribution in [2.24, 2.45) is 5.92 Å². The maximum atomic E-state index is 13.9. The molecule has 1 aliphatic rings. The first-order chi connectivity index (χ1) is 13.0. The average Bonchev–Trinajstić information content (AvgIpc) is 2.68. The molecule has 0 spiro atoms. The zero-order valence-electron chi connectivity index (χ0n) is 15.4. The van der Waals surface area contributed by atoms with Crippen molar-refractivity contribution in [2.45, 2.75) is 32.2 Å². The molecule has 5 nitrogen and oxygen atoms in total. The fourth-order valence-electron chi connectivity index (χ4n) is 3.64. The molecule has 2 atom stereocenters. The zero-order chi connectivity index (χ0) is 19.2. The highest BCUT2D eigenvalue weighted by Gasteiger charge is 2.31. The molecule has 1 aromatic carbocycles. The number of piperidine rings is 1. The normalized spacial score (nSPS) is 18.0. The third kappa shape index (κ3) is 4.90. The van der Waals surface area contributed by atoms with Gasteiger partial charge in [0.15, 0.2) is 0 Å². The minimum atomic E-state index is -0.357. The van der Waals surface area contributed by atoms with Crippen molar-refractivity contribution >= 4 is 11.8 Å². The van der Waals surface area contributed by atoms with Crippen LogP contribution in [0.4, 0.5) is 4.39 Å². The van der Waals surface area contributed by atoms with Crippen molar-refractivity contribution in [3.05, 3.63) is 65.7 Å². The number of carbonyl (C=O) groups excluding carboxylic acids is 2. The Kier molecular flexibility index (Phi) is 6.16. The lowest BCUT2D eigenvalue weighted by atomic mass is 9.88. The van der Waals surface area contributed by atoms with Gasteiger partial charge in [-0.2, -0.15) is 0 Å². The molecule has 2 aromatic rings. The van der Waals surface area contributed by atoms with E-state index in [4.69, 9.17) is 0 Å². The molecule has 2 amide bonds. The Bertz CT molecular complexity index is 797. The Balaban J connectivity index is 1.72. The first kappa shape index (κ1) is 19.0. The standard InChI is InChI=1S/C21H24FN3O2/c1-15(26)24-21(19-10-4-5-11-23-19)17-8-6-12-25(14-17)20(27)13-16-7-2-3-9-18(16)22/h2-5,7,9-11,17,21H,6,8,12-14H2,1H3,(H,24,26)/t17-,21+/m1/s1. The maximum Gasteiger partial charge on any atom is 0.227 e. The zero-order valence-corrected chi connectivity index (χ0v) is 15.4. The Morgan fingerprint density at radius 1 is 1.26 bits per heavy atom. The molecule has 1 fully saturated rings. The summed E-state index contributed by atoms with van der Waals surface area (Å²) in [5.41, 5.74) is 1.20. The molecule has 0 unspecified atom stereocenters. The number of hydrogen-bond donors (Lipinski definition) is 1. The highest BCUT2D eigenvalue weighted by Crippen LogP contribution is 2.29. The third-order valence-electron chi connectivity index (χ3n) is 4.95. The third-order valence-corrected chi connectivity index (χ3v) is 4.95. The number of likely N-dealkylation sites (tertiary alicyclic amines) is 1. The lowest BCUT2D eigenvalue weighted by Crippen LogP contribution is -2.45. The van der Waals surface area contributed by atoms with Gasteiger partial charge in [0.05, 0.1) is 18.2 Å². The fourth-order valence-corrected chi connectivity index (χ4v) is 3.64. The minimum absolute atomic E-state index is 0.0494. The molecule has 1 N–H and O–H groups in total. The Labute approximate surface area is 158 Å². The Morgan fingerprint density at radius 3 is 2.74 bits per heavy atom. The fraction of sp³-hybridized carbons (Fsp3) is 0.381. The van der Waals surface area contributed by atoms with Gasteiger partial charge in [-0.05, 0) is 36.6 Å². The van der Waals surface area contributed by atoms with Gasteiger partial charge in [-0.3, -0.25) is 14.6 Å². The first-order valence-electron chi connectivity index (χ1n) is 9.24. The highest BCUT2D eigenvalue weighted by atomic mass is 19.1. The van der Waals surface area contributed by atoms with E-state index in [-0.39, 0.29) is 36.0 Å². The molecule has 0 saturated carbocycles. The van der Waals surface area contributed by atoms with Gasteiger partial charge in [0.25, 0.3) is 0 Å². The molecule has 27 heavy (non-hydrogen) atoms.